The van der Waals surface area contributed by atoms with E-state index in [0.29, 0.717) is 31.3 Å². The van der Waals surface area contributed by atoms with Gasteiger partial charge in [-0.3, -0.25) is 4.79 Å². The van der Waals surface area contributed by atoms with Crippen molar-refractivity contribution in [2.24, 2.45) is 0 Å². The second kappa shape index (κ2) is 7.91. The van der Waals surface area contributed by atoms with Crippen LogP contribution in [0.2, 0.25) is 0 Å². The van der Waals surface area contributed by atoms with Gasteiger partial charge in [-0.2, -0.15) is 0 Å². The topological polar surface area (TPSA) is 68.5 Å². The Hall–Kier alpha value is -3.45. The minimum Gasteiger partial charge on any atom is -0.457 e. The summed E-state index contributed by atoms with van der Waals surface area (Å²) in [5.41, 5.74) is 2.13. The Bertz CT molecular complexity index is 1220. The van der Waals surface area contributed by atoms with Crippen LogP contribution in [0.25, 0.3) is 10.8 Å². The summed E-state index contributed by atoms with van der Waals surface area (Å²) in [7, 11) is 0. The van der Waals surface area contributed by atoms with E-state index in [4.69, 9.17) is 9.15 Å². The fourth-order valence-corrected chi connectivity index (χ4v) is 5.26. The van der Waals surface area contributed by atoms with E-state index in [1.165, 1.54) is 0 Å². The van der Waals surface area contributed by atoms with Gasteiger partial charge in [-0.05, 0) is 30.0 Å². The lowest BCUT2D eigenvalue weighted by Gasteiger charge is -2.29. The highest BCUT2D eigenvalue weighted by Gasteiger charge is 2.34. The quantitative estimate of drug-likeness (QED) is 0.420. The molecule has 1 amide bonds. The molecule has 2 aliphatic heterocycles. The Labute approximate surface area is 189 Å². The SMILES string of the molecule is O=C(CC1c2ccccc2Oc2ccccc21)N1CC[C@H](c2nnc(-c3cccs3)o2)C1. The van der Waals surface area contributed by atoms with E-state index in [-0.39, 0.29) is 17.7 Å². The molecule has 4 aromatic rings. The highest BCUT2D eigenvalue weighted by Crippen LogP contribution is 2.45. The van der Waals surface area contributed by atoms with Gasteiger partial charge in [0.1, 0.15) is 11.5 Å². The van der Waals surface area contributed by atoms with Crippen LogP contribution in [0.5, 0.6) is 11.5 Å². The van der Waals surface area contributed by atoms with Gasteiger partial charge in [0.05, 0.1) is 10.8 Å². The Morgan fingerprint density at radius 2 is 1.75 bits per heavy atom. The number of para-hydroxylation sites is 2. The molecule has 0 radical (unpaired) electrons. The molecule has 6 nitrogen and oxygen atoms in total. The minimum atomic E-state index is -0.0171. The van der Waals surface area contributed by atoms with E-state index in [2.05, 4.69) is 22.3 Å². The highest BCUT2D eigenvalue weighted by atomic mass is 32.1. The zero-order chi connectivity index (χ0) is 21.5. The zero-order valence-electron chi connectivity index (χ0n) is 17.3. The summed E-state index contributed by atoms with van der Waals surface area (Å²) in [6.07, 6.45) is 1.24. The molecule has 2 aliphatic rings. The third kappa shape index (κ3) is 3.39. The van der Waals surface area contributed by atoms with Gasteiger partial charge in [-0.15, -0.1) is 21.5 Å². The van der Waals surface area contributed by atoms with Gasteiger partial charge in [-0.1, -0.05) is 42.5 Å². The maximum atomic E-state index is 13.3. The van der Waals surface area contributed by atoms with Gasteiger partial charge in [0.15, 0.2) is 0 Å². The number of carbonyl (C=O) groups excluding carboxylic acids is 1. The highest BCUT2D eigenvalue weighted by molar-refractivity contribution is 7.13. The summed E-state index contributed by atoms with van der Waals surface area (Å²) in [5, 5.41) is 10.4. The van der Waals surface area contributed by atoms with Crippen LogP contribution in [0, 0.1) is 0 Å². The first-order valence-corrected chi connectivity index (χ1v) is 11.6. The number of fused-ring (bicyclic) bond motifs is 2. The molecular formula is C25H21N3O3S. The molecule has 32 heavy (non-hydrogen) atoms. The molecule has 0 spiro atoms. The first-order valence-electron chi connectivity index (χ1n) is 10.8. The predicted octanol–water partition coefficient (Wildman–Crippen LogP) is 5.44. The number of rotatable bonds is 4. The van der Waals surface area contributed by atoms with Crippen LogP contribution in [-0.4, -0.2) is 34.1 Å². The molecule has 2 aromatic carbocycles. The number of aromatic nitrogens is 2. The van der Waals surface area contributed by atoms with Crippen molar-refractivity contribution >= 4 is 17.2 Å². The Morgan fingerprint density at radius 3 is 2.47 bits per heavy atom. The average molecular weight is 444 g/mol. The van der Waals surface area contributed by atoms with Crippen LogP contribution in [0.4, 0.5) is 0 Å². The number of ether oxygens (including phenoxy) is 1. The van der Waals surface area contributed by atoms with E-state index in [9.17, 15) is 4.79 Å². The molecule has 0 bridgehead atoms. The summed E-state index contributed by atoms with van der Waals surface area (Å²) < 4.78 is 12.0. The second-order valence-electron chi connectivity index (χ2n) is 8.18. The van der Waals surface area contributed by atoms with Gasteiger partial charge in [-0.25, -0.2) is 0 Å². The smallest absolute Gasteiger partial charge is 0.257 e. The van der Waals surface area contributed by atoms with Gasteiger partial charge >= 0.3 is 0 Å². The van der Waals surface area contributed by atoms with Gasteiger partial charge in [0, 0.05) is 36.6 Å². The molecule has 0 N–H and O–H groups in total. The molecule has 7 heteroatoms. The standard InChI is InChI=1S/C25H21N3O3S/c29-23(14-19-17-6-1-3-8-20(17)30-21-9-4-2-7-18(19)21)28-12-11-16(15-28)24-26-27-25(31-24)22-10-5-13-32-22/h1-10,13,16,19H,11-12,14-15H2/t16-/m0/s1. The number of thiophene rings is 1. The lowest BCUT2D eigenvalue weighted by atomic mass is 9.85. The zero-order valence-corrected chi connectivity index (χ0v) is 18.1. The monoisotopic (exact) mass is 443 g/mol. The minimum absolute atomic E-state index is 0.0171. The first kappa shape index (κ1) is 19.3. The predicted molar refractivity (Wildman–Crippen MR) is 121 cm³/mol. The molecule has 0 saturated carbocycles. The third-order valence-corrected chi connectivity index (χ3v) is 7.11. The summed E-state index contributed by atoms with van der Waals surface area (Å²) in [5.74, 6) is 3.03. The fourth-order valence-electron chi connectivity index (χ4n) is 4.62. The summed E-state index contributed by atoms with van der Waals surface area (Å²) in [6, 6.07) is 19.9. The molecule has 0 unspecified atom stereocenters. The molecule has 160 valence electrons. The summed E-state index contributed by atoms with van der Waals surface area (Å²) in [4.78, 5) is 16.2. The molecule has 0 aliphatic carbocycles. The van der Waals surface area contributed by atoms with Gasteiger partial charge in [0.2, 0.25) is 11.8 Å². The van der Waals surface area contributed by atoms with Crippen LogP contribution >= 0.6 is 11.3 Å². The number of nitrogens with zero attached hydrogens (tertiary/aromatic N) is 3. The van der Waals surface area contributed by atoms with Crippen molar-refractivity contribution < 1.29 is 13.9 Å². The molecular weight excluding hydrogens is 422 g/mol. The molecule has 1 fully saturated rings. The van der Waals surface area contributed by atoms with Crippen molar-refractivity contribution in [1.82, 2.24) is 15.1 Å². The number of hydrogen-bond acceptors (Lipinski definition) is 6. The maximum Gasteiger partial charge on any atom is 0.257 e. The Kier molecular flexibility index (Phi) is 4.76. The number of amides is 1. The number of benzene rings is 2. The third-order valence-electron chi connectivity index (χ3n) is 6.25. The van der Waals surface area contributed by atoms with E-state index in [0.717, 1.165) is 33.9 Å². The van der Waals surface area contributed by atoms with E-state index >= 15 is 0 Å². The van der Waals surface area contributed by atoms with Crippen LogP contribution in [0.15, 0.2) is 70.5 Å². The van der Waals surface area contributed by atoms with E-state index in [1.807, 2.05) is 58.8 Å². The van der Waals surface area contributed by atoms with Crippen LogP contribution < -0.4 is 4.74 Å². The summed E-state index contributed by atoms with van der Waals surface area (Å²) in [6.45, 7) is 1.31. The number of likely N-dealkylation sites (tertiary alicyclic amines) is 1. The van der Waals surface area contributed by atoms with E-state index in [1.54, 1.807) is 11.3 Å². The van der Waals surface area contributed by atoms with Crippen molar-refractivity contribution in [3.8, 4) is 22.3 Å². The molecule has 1 saturated heterocycles. The van der Waals surface area contributed by atoms with Gasteiger partial charge in [0.25, 0.3) is 5.89 Å². The van der Waals surface area contributed by atoms with Crippen molar-refractivity contribution in [1.29, 1.82) is 0 Å². The molecule has 4 heterocycles. The largest absolute Gasteiger partial charge is 0.457 e. The fraction of sp³-hybridized carbons (Fsp3) is 0.240. The van der Waals surface area contributed by atoms with Crippen molar-refractivity contribution in [3.05, 3.63) is 83.1 Å². The van der Waals surface area contributed by atoms with Crippen molar-refractivity contribution in [2.75, 3.05) is 13.1 Å². The summed E-state index contributed by atoms with van der Waals surface area (Å²) >= 11 is 1.57. The normalized spacial score (nSPS) is 17.6. The maximum absolute atomic E-state index is 13.3. The van der Waals surface area contributed by atoms with E-state index < -0.39 is 0 Å². The lowest BCUT2D eigenvalue weighted by Crippen LogP contribution is -2.30. The number of carbonyl (C=O) groups is 1. The van der Waals surface area contributed by atoms with Crippen molar-refractivity contribution in [3.63, 3.8) is 0 Å². The second-order valence-corrected chi connectivity index (χ2v) is 9.13. The lowest BCUT2D eigenvalue weighted by molar-refractivity contribution is -0.130. The van der Waals surface area contributed by atoms with Crippen LogP contribution in [-0.2, 0) is 4.79 Å². The number of hydrogen-bond donors (Lipinski definition) is 0. The molecule has 2 aromatic heterocycles. The van der Waals surface area contributed by atoms with Crippen molar-refractivity contribution in [2.45, 2.75) is 24.7 Å². The van der Waals surface area contributed by atoms with Crippen LogP contribution in [0.1, 0.15) is 41.7 Å². The molecule has 6 rings (SSSR count). The van der Waals surface area contributed by atoms with Crippen LogP contribution in [0.3, 0.4) is 0 Å². The first-order chi connectivity index (χ1) is 15.8. The Morgan fingerprint density at radius 1 is 1.00 bits per heavy atom. The molecule has 1 atom stereocenters. The Balaban J connectivity index is 1.19. The average Bonchev–Trinajstić information content (AvgIpc) is 3.60. The van der Waals surface area contributed by atoms with Gasteiger partial charge < -0.3 is 14.1 Å².